The molecule has 0 saturated carbocycles. The predicted molar refractivity (Wildman–Crippen MR) is 38.1 cm³/mol. The molecule has 0 spiro atoms. The monoisotopic (exact) mass is 178 g/mol. The minimum absolute atomic E-state index is 0.771. The van der Waals surface area contributed by atoms with E-state index in [0.29, 0.717) is 0 Å². The molecule has 0 aromatic heterocycles. The smallest absolute Gasteiger partial charge is 0.299 e. The molecule has 5 heteroatoms. The number of halogens is 1. The first kappa shape index (κ1) is 8.73. The van der Waals surface area contributed by atoms with Crippen LogP contribution in [0.4, 0.5) is 4.39 Å². The van der Waals surface area contributed by atoms with Crippen molar-refractivity contribution in [3.8, 4) is 12.3 Å². The Bertz CT molecular complexity index is 234. The van der Waals surface area contributed by atoms with Crippen LogP contribution in [0, 0.1) is 12.3 Å². The van der Waals surface area contributed by atoms with Crippen molar-refractivity contribution in [3.05, 3.63) is 0 Å². The molecule has 0 aromatic carbocycles. The first-order valence-electron chi connectivity index (χ1n) is 3.05. The maximum absolute atomic E-state index is 12.1. The third-order valence-electron chi connectivity index (χ3n) is 1.29. The fraction of sp³-hybridized carbons (Fsp3) is 0.667. The van der Waals surface area contributed by atoms with E-state index in [4.69, 9.17) is 15.5 Å². The van der Waals surface area contributed by atoms with Crippen LogP contribution < -0.4 is 0 Å². The summed E-state index contributed by atoms with van der Waals surface area (Å²) in [6.45, 7) is 0.500. The highest BCUT2D eigenvalue weighted by atomic mass is 31.2. The molecule has 0 aromatic rings. The van der Waals surface area contributed by atoms with Crippen LogP contribution in [-0.2, 0) is 13.6 Å². The molecule has 3 atom stereocenters. The van der Waals surface area contributed by atoms with E-state index in [-0.39, 0.29) is 0 Å². The number of alkyl halides is 1. The van der Waals surface area contributed by atoms with E-state index in [0.717, 1.165) is 0 Å². The van der Waals surface area contributed by atoms with Crippen molar-refractivity contribution in [2.45, 2.75) is 12.2 Å². The zero-order chi connectivity index (χ0) is 8.48. The summed E-state index contributed by atoms with van der Waals surface area (Å²) in [7, 11) is -3.07. The molecule has 11 heavy (non-hydrogen) atoms. The number of hydrogen-bond donors (Lipinski definition) is 0. The molecule has 0 amide bonds. The van der Waals surface area contributed by atoms with Gasteiger partial charge in [-0.3, -0.25) is 13.6 Å². The highest BCUT2D eigenvalue weighted by Gasteiger charge is 2.40. The molecule has 62 valence electrons. The molecule has 1 heterocycles. The van der Waals surface area contributed by atoms with Crippen molar-refractivity contribution in [2.24, 2.45) is 0 Å². The molecule has 1 saturated heterocycles. The van der Waals surface area contributed by atoms with E-state index in [1.807, 2.05) is 0 Å². The largest absolute Gasteiger partial charge is 0.329 e. The Labute approximate surface area is 64.4 Å². The molecule has 0 aliphatic carbocycles. The van der Waals surface area contributed by atoms with Crippen LogP contribution >= 0.6 is 7.60 Å². The molecular weight excluding hydrogens is 170 g/mol. The average Bonchev–Trinajstić information content (AvgIpc) is 2.25. The topological polar surface area (TPSA) is 35.5 Å². The molecule has 1 rings (SSSR count). The lowest BCUT2D eigenvalue weighted by Gasteiger charge is -2.03. The fourth-order valence-corrected chi connectivity index (χ4v) is 2.16. The summed E-state index contributed by atoms with van der Waals surface area (Å²) in [6.07, 6.45) is 3.30. The molecular formula is C6H8FO3P. The van der Waals surface area contributed by atoms with Crippen LogP contribution in [0.25, 0.3) is 0 Å². The second-order valence-electron chi connectivity index (χ2n) is 2.26. The SMILES string of the molecule is C#CC1OP(C)(=O)OC1CF. The second kappa shape index (κ2) is 2.94. The quantitative estimate of drug-likeness (QED) is 0.447. The summed E-state index contributed by atoms with van der Waals surface area (Å²) < 4.78 is 32.6. The molecule has 3 unspecified atom stereocenters. The molecule has 1 aliphatic rings. The Balaban J connectivity index is 2.72. The van der Waals surface area contributed by atoms with Crippen molar-refractivity contribution in [3.63, 3.8) is 0 Å². The maximum atomic E-state index is 12.1. The molecule has 1 fully saturated rings. The van der Waals surface area contributed by atoms with Gasteiger partial charge in [-0.05, 0) is 0 Å². The predicted octanol–water partition coefficient (Wildman–Crippen LogP) is 1.20. The first-order valence-corrected chi connectivity index (χ1v) is 5.04. The van der Waals surface area contributed by atoms with Gasteiger partial charge in [-0.15, -0.1) is 6.42 Å². The summed E-state index contributed by atoms with van der Waals surface area (Å²) in [6, 6.07) is 0. The summed E-state index contributed by atoms with van der Waals surface area (Å²) in [4.78, 5) is 0. The van der Waals surface area contributed by atoms with Gasteiger partial charge in [0.2, 0.25) is 0 Å². The zero-order valence-corrected chi connectivity index (χ0v) is 6.88. The maximum Gasteiger partial charge on any atom is 0.329 e. The van der Waals surface area contributed by atoms with Crippen LogP contribution in [0.15, 0.2) is 0 Å². The lowest BCUT2D eigenvalue weighted by molar-refractivity contribution is 0.161. The minimum atomic E-state index is -3.07. The lowest BCUT2D eigenvalue weighted by atomic mass is 10.2. The molecule has 0 bridgehead atoms. The summed E-state index contributed by atoms with van der Waals surface area (Å²) >= 11 is 0. The average molecular weight is 178 g/mol. The summed E-state index contributed by atoms with van der Waals surface area (Å²) in [5.41, 5.74) is 0. The van der Waals surface area contributed by atoms with Gasteiger partial charge in [0.05, 0.1) is 0 Å². The second-order valence-corrected chi connectivity index (χ2v) is 4.23. The van der Waals surface area contributed by atoms with Gasteiger partial charge in [-0.1, -0.05) is 5.92 Å². The van der Waals surface area contributed by atoms with E-state index in [1.54, 1.807) is 0 Å². The summed E-state index contributed by atoms with van der Waals surface area (Å²) in [5.74, 6) is 2.16. The highest BCUT2D eigenvalue weighted by molar-refractivity contribution is 7.53. The van der Waals surface area contributed by atoms with Gasteiger partial charge in [0.25, 0.3) is 0 Å². The van der Waals surface area contributed by atoms with Gasteiger partial charge in [-0.2, -0.15) is 0 Å². The van der Waals surface area contributed by atoms with Crippen molar-refractivity contribution < 1.29 is 18.0 Å². The van der Waals surface area contributed by atoms with E-state index in [9.17, 15) is 8.96 Å². The van der Waals surface area contributed by atoms with Gasteiger partial charge in [0.15, 0.2) is 6.10 Å². The van der Waals surface area contributed by atoms with Gasteiger partial charge in [-0.25, -0.2) is 4.39 Å². The van der Waals surface area contributed by atoms with Gasteiger partial charge in [0.1, 0.15) is 12.8 Å². The molecule has 0 N–H and O–H groups in total. The molecule has 0 radical (unpaired) electrons. The van der Waals surface area contributed by atoms with Crippen molar-refractivity contribution in [1.82, 2.24) is 0 Å². The Hall–Kier alpha value is -0.360. The van der Waals surface area contributed by atoms with Crippen LogP contribution in [0.5, 0.6) is 0 Å². The van der Waals surface area contributed by atoms with Crippen LogP contribution in [0.3, 0.4) is 0 Å². The Morgan fingerprint density at radius 3 is 2.73 bits per heavy atom. The van der Waals surface area contributed by atoms with Crippen molar-refractivity contribution in [1.29, 1.82) is 0 Å². The molecule has 3 nitrogen and oxygen atoms in total. The van der Waals surface area contributed by atoms with E-state index in [2.05, 4.69) is 5.92 Å². The number of hydrogen-bond acceptors (Lipinski definition) is 3. The minimum Gasteiger partial charge on any atom is -0.299 e. The van der Waals surface area contributed by atoms with Gasteiger partial charge < -0.3 is 0 Å². The first-order chi connectivity index (χ1) is 5.09. The van der Waals surface area contributed by atoms with Gasteiger partial charge >= 0.3 is 7.60 Å². The van der Waals surface area contributed by atoms with E-state index in [1.165, 1.54) is 6.66 Å². The Morgan fingerprint density at radius 2 is 2.36 bits per heavy atom. The van der Waals surface area contributed by atoms with E-state index < -0.39 is 26.5 Å². The third kappa shape index (κ3) is 1.81. The lowest BCUT2D eigenvalue weighted by Crippen LogP contribution is -2.22. The normalized spacial score (nSPS) is 43.7. The number of rotatable bonds is 1. The van der Waals surface area contributed by atoms with Gasteiger partial charge in [0, 0.05) is 6.66 Å². The third-order valence-corrected chi connectivity index (χ3v) is 2.55. The Kier molecular flexibility index (Phi) is 2.34. The standard InChI is InChI=1S/C6H8FO3P/c1-3-5-6(4-7)10-11(2,8)9-5/h1,5-6H,4H2,2H3. The summed E-state index contributed by atoms with van der Waals surface area (Å²) in [5, 5.41) is 0. The van der Waals surface area contributed by atoms with Crippen LogP contribution in [0.2, 0.25) is 0 Å². The molecule has 1 aliphatic heterocycles. The van der Waals surface area contributed by atoms with Crippen molar-refractivity contribution >= 4 is 7.60 Å². The highest BCUT2D eigenvalue weighted by Crippen LogP contribution is 2.52. The van der Waals surface area contributed by atoms with Crippen LogP contribution in [0.1, 0.15) is 0 Å². The van der Waals surface area contributed by atoms with E-state index >= 15 is 0 Å². The van der Waals surface area contributed by atoms with Crippen molar-refractivity contribution in [2.75, 3.05) is 13.3 Å². The van der Waals surface area contributed by atoms with Crippen LogP contribution in [-0.4, -0.2) is 25.5 Å². The fourth-order valence-electron chi connectivity index (χ4n) is 0.847. The Morgan fingerprint density at radius 1 is 1.73 bits per heavy atom. The number of terminal acetylenes is 1. The zero-order valence-electron chi connectivity index (χ0n) is 5.99.